The quantitative estimate of drug-likeness (QED) is 0.672. The molecular weight excluding hydrogens is 317 g/mol. The Morgan fingerprint density at radius 3 is 2.24 bits per heavy atom. The number of halogens is 2. The first-order valence-electron chi connectivity index (χ1n) is 5.88. The molecular formula is C12H9Cl2N5O2. The molecule has 0 aliphatic carbocycles. The van der Waals surface area contributed by atoms with Crippen LogP contribution in [0, 0.1) is 0 Å². The van der Waals surface area contributed by atoms with E-state index in [1.54, 1.807) is 18.2 Å². The maximum absolute atomic E-state index is 12.1. The molecule has 1 aromatic carbocycles. The zero-order chi connectivity index (χ0) is 15.3. The van der Waals surface area contributed by atoms with E-state index in [0.717, 1.165) is 4.57 Å². The van der Waals surface area contributed by atoms with Crippen LogP contribution in [0.25, 0.3) is 16.9 Å². The number of hydrogen-bond donors (Lipinski definition) is 0. The number of fused-ring (bicyclic) bond motifs is 1. The van der Waals surface area contributed by atoms with E-state index in [-0.39, 0.29) is 11.2 Å². The van der Waals surface area contributed by atoms with Crippen LogP contribution in [0.4, 0.5) is 0 Å². The number of benzene rings is 1. The second-order valence-corrected chi connectivity index (χ2v) is 5.38. The summed E-state index contributed by atoms with van der Waals surface area (Å²) in [7, 11) is 2.93. The summed E-state index contributed by atoms with van der Waals surface area (Å²) in [4.78, 5) is 24.1. The molecule has 3 aromatic rings. The highest BCUT2D eigenvalue weighted by molar-refractivity contribution is 6.34. The Bertz CT molecular complexity index is 965. The number of nitrogens with zero attached hydrogens (tertiary/aromatic N) is 5. The van der Waals surface area contributed by atoms with E-state index in [2.05, 4.69) is 10.3 Å². The van der Waals surface area contributed by atoms with Gasteiger partial charge >= 0.3 is 5.69 Å². The SMILES string of the molecule is Cn1c(=O)c2nnn(-c3cc(Cl)cc(Cl)c3)c2n(C)c1=O. The zero-order valence-corrected chi connectivity index (χ0v) is 12.6. The van der Waals surface area contributed by atoms with Crippen LogP contribution in [-0.4, -0.2) is 24.1 Å². The highest BCUT2D eigenvalue weighted by atomic mass is 35.5. The average molecular weight is 326 g/mol. The van der Waals surface area contributed by atoms with E-state index in [1.807, 2.05) is 0 Å². The van der Waals surface area contributed by atoms with E-state index in [1.165, 1.54) is 23.3 Å². The van der Waals surface area contributed by atoms with Crippen LogP contribution in [0.15, 0.2) is 27.8 Å². The molecule has 2 aromatic heterocycles. The van der Waals surface area contributed by atoms with Gasteiger partial charge in [-0.25, -0.2) is 4.79 Å². The van der Waals surface area contributed by atoms with E-state index in [0.29, 0.717) is 15.7 Å². The van der Waals surface area contributed by atoms with Crippen molar-refractivity contribution in [1.82, 2.24) is 24.1 Å². The molecule has 0 N–H and O–H groups in total. The monoisotopic (exact) mass is 325 g/mol. The first-order chi connectivity index (χ1) is 9.90. The second-order valence-electron chi connectivity index (χ2n) is 4.51. The van der Waals surface area contributed by atoms with Crippen LogP contribution >= 0.6 is 23.2 Å². The standard InChI is InChI=1S/C12H9Cl2N5O2/c1-17-10-9(11(20)18(2)12(17)21)15-16-19(10)8-4-6(13)3-7(14)5-8/h3-5H,1-2H3. The molecule has 0 bridgehead atoms. The Morgan fingerprint density at radius 1 is 1.00 bits per heavy atom. The van der Waals surface area contributed by atoms with Crippen LogP contribution < -0.4 is 11.2 Å². The molecule has 0 saturated carbocycles. The predicted octanol–water partition coefficient (Wildman–Crippen LogP) is 1.12. The minimum atomic E-state index is -0.507. The molecule has 0 aliphatic heterocycles. The van der Waals surface area contributed by atoms with Crippen molar-refractivity contribution in [3.05, 3.63) is 49.1 Å². The van der Waals surface area contributed by atoms with Crippen molar-refractivity contribution in [3.8, 4) is 5.69 Å². The van der Waals surface area contributed by atoms with Gasteiger partial charge in [-0.05, 0) is 18.2 Å². The van der Waals surface area contributed by atoms with Crippen molar-refractivity contribution in [2.75, 3.05) is 0 Å². The summed E-state index contributed by atoms with van der Waals surface area (Å²) in [6.45, 7) is 0. The smallest absolute Gasteiger partial charge is 0.279 e. The molecule has 0 radical (unpaired) electrons. The molecule has 0 aliphatic rings. The Balaban J connectivity index is 2.46. The molecule has 21 heavy (non-hydrogen) atoms. The number of hydrogen-bond acceptors (Lipinski definition) is 4. The lowest BCUT2D eigenvalue weighted by molar-refractivity contribution is 0.698. The minimum Gasteiger partial charge on any atom is -0.279 e. The van der Waals surface area contributed by atoms with Crippen LogP contribution in [0.2, 0.25) is 10.0 Å². The fourth-order valence-electron chi connectivity index (χ4n) is 2.11. The molecule has 0 unspecified atom stereocenters. The number of aryl methyl sites for hydroxylation is 1. The van der Waals surface area contributed by atoms with Gasteiger partial charge in [-0.2, -0.15) is 4.68 Å². The normalized spacial score (nSPS) is 11.2. The molecule has 108 valence electrons. The van der Waals surface area contributed by atoms with Crippen molar-refractivity contribution in [2.24, 2.45) is 14.1 Å². The summed E-state index contributed by atoms with van der Waals surface area (Å²) in [5, 5.41) is 8.60. The Hall–Kier alpha value is -2.12. The third kappa shape index (κ3) is 2.05. The highest BCUT2D eigenvalue weighted by Crippen LogP contribution is 2.22. The van der Waals surface area contributed by atoms with Gasteiger partial charge in [-0.1, -0.05) is 28.4 Å². The molecule has 0 amide bonds. The summed E-state index contributed by atoms with van der Waals surface area (Å²) >= 11 is 11.9. The van der Waals surface area contributed by atoms with Gasteiger partial charge < -0.3 is 0 Å². The first-order valence-corrected chi connectivity index (χ1v) is 6.63. The zero-order valence-electron chi connectivity index (χ0n) is 11.0. The van der Waals surface area contributed by atoms with Gasteiger partial charge in [0.1, 0.15) is 0 Å². The third-order valence-electron chi connectivity index (χ3n) is 3.14. The van der Waals surface area contributed by atoms with Crippen molar-refractivity contribution in [1.29, 1.82) is 0 Å². The molecule has 0 spiro atoms. The molecule has 0 saturated heterocycles. The lowest BCUT2D eigenvalue weighted by atomic mass is 10.3. The van der Waals surface area contributed by atoms with Gasteiger partial charge in [0.05, 0.1) is 5.69 Å². The van der Waals surface area contributed by atoms with Crippen LogP contribution in [0.5, 0.6) is 0 Å². The Morgan fingerprint density at radius 2 is 1.62 bits per heavy atom. The van der Waals surface area contributed by atoms with E-state index >= 15 is 0 Å². The second kappa shape index (κ2) is 4.71. The highest BCUT2D eigenvalue weighted by Gasteiger charge is 2.17. The van der Waals surface area contributed by atoms with Crippen LogP contribution in [0.3, 0.4) is 0 Å². The van der Waals surface area contributed by atoms with Gasteiger partial charge in [-0.15, -0.1) is 5.10 Å². The van der Waals surface area contributed by atoms with Gasteiger partial charge in [-0.3, -0.25) is 13.9 Å². The maximum Gasteiger partial charge on any atom is 0.332 e. The van der Waals surface area contributed by atoms with Crippen LogP contribution in [0.1, 0.15) is 0 Å². The fourth-order valence-corrected chi connectivity index (χ4v) is 2.63. The van der Waals surface area contributed by atoms with E-state index < -0.39 is 11.2 Å². The molecule has 7 nitrogen and oxygen atoms in total. The Kier molecular flexibility index (Phi) is 3.11. The molecule has 0 fully saturated rings. The lowest BCUT2D eigenvalue weighted by Crippen LogP contribution is -2.37. The molecule has 0 atom stereocenters. The van der Waals surface area contributed by atoms with Gasteiger partial charge in [0.25, 0.3) is 5.56 Å². The molecule has 9 heteroatoms. The van der Waals surface area contributed by atoms with Crippen LogP contribution in [-0.2, 0) is 14.1 Å². The van der Waals surface area contributed by atoms with Gasteiger partial charge in [0.15, 0.2) is 11.2 Å². The average Bonchev–Trinajstić information content (AvgIpc) is 2.86. The van der Waals surface area contributed by atoms with Crippen molar-refractivity contribution in [3.63, 3.8) is 0 Å². The summed E-state index contributed by atoms with van der Waals surface area (Å²) in [6, 6.07) is 4.80. The minimum absolute atomic E-state index is 0.0932. The molecule has 3 rings (SSSR count). The predicted molar refractivity (Wildman–Crippen MR) is 79.4 cm³/mol. The van der Waals surface area contributed by atoms with Gasteiger partial charge in [0, 0.05) is 24.1 Å². The number of rotatable bonds is 1. The number of aromatic nitrogens is 5. The largest absolute Gasteiger partial charge is 0.332 e. The summed E-state index contributed by atoms with van der Waals surface area (Å²) in [5.74, 6) is 0. The third-order valence-corrected chi connectivity index (χ3v) is 3.57. The van der Waals surface area contributed by atoms with Crippen molar-refractivity contribution in [2.45, 2.75) is 0 Å². The summed E-state index contributed by atoms with van der Waals surface area (Å²) in [5.41, 5.74) is -0.0907. The lowest BCUT2D eigenvalue weighted by Gasteiger charge is -2.07. The van der Waals surface area contributed by atoms with E-state index in [9.17, 15) is 9.59 Å². The van der Waals surface area contributed by atoms with E-state index in [4.69, 9.17) is 23.2 Å². The maximum atomic E-state index is 12.1. The summed E-state index contributed by atoms with van der Waals surface area (Å²) < 4.78 is 3.63. The summed E-state index contributed by atoms with van der Waals surface area (Å²) in [6.07, 6.45) is 0. The topological polar surface area (TPSA) is 74.7 Å². The fraction of sp³-hybridized carbons (Fsp3) is 0.167. The molecule has 2 heterocycles. The van der Waals surface area contributed by atoms with Crippen molar-refractivity contribution >= 4 is 34.4 Å². The first kappa shape index (κ1) is 13.8. The van der Waals surface area contributed by atoms with Gasteiger partial charge in [0.2, 0.25) is 0 Å². The van der Waals surface area contributed by atoms with Crippen molar-refractivity contribution < 1.29 is 0 Å². The Labute approximate surface area is 127 Å².